The third-order valence-electron chi connectivity index (χ3n) is 2.91. The largest absolute Gasteiger partial charge is 0.486 e. The van der Waals surface area contributed by atoms with Gasteiger partial charge in [0, 0.05) is 9.35 Å². The van der Waals surface area contributed by atoms with E-state index < -0.39 is 0 Å². The number of fused-ring (bicyclic) bond motifs is 1. The van der Waals surface area contributed by atoms with E-state index in [2.05, 4.69) is 21.2 Å². The molecule has 1 N–H and O–H groups in total. The number of carbonyl (C=O) groups is 1. The summed E-state index contributed by atoms with van der Waals surface area (Å²) in [5, 5.41) is 4.88. The molecule has 0 saturated heterocycles. The summed E-state index contributed by atoms with van der Waals surface area (Å²) in [7, 11) is 0. The van der Waals surface area contributed by atoms with E-state index in [1.165, 1.54) is 0 Å². The van der Waals surface area contributed by atoms with Gasteiger partial charge in [0.2, 0.25) is 0 Å². The second-order valence-corrected chi connectivity index (χ2v) is 6.06. The van der Waals surface area contributed by atoms with Crippen LogP contribution in [0, 0.1) is 0 Å². The Morgan fingerprint density at radius 3 is 2.95 bits per heavy atom. The molecular weight excluding hydrogens is 342 g/mol. The minimum atomic E-state index is -0.160. The number of benzene rings is 1. The number of rotatable bonds is 3. The lowest BCUT2D eigenvalue weighted by Gasteiger charge is -2.20. The summed E-state index contributed by atoms with van der Waals surface area (Å²) in [6, 6.07) is 7.31. The summed E-state index contributed by atoms with van der Waals surface area (Å²) >= 11 is 5.05. The zero-order valence-electron chi connectivity index (χ0n) is 10.5. The highest BCUT2D eigenvalue weighted by atomic mass is 79.9. The first-order valence-corrected chi connectivity index (χ1v) is 7.81. The Hall–Kier alpha value is -1.53. The van der Waals surface area contributed by atoms with Gasteiger partial charge in [-0.05, 0) is 39.5 Å². The molecule has 1 amide bonds. The first-order chi connectivity index (χ1) is 9.75. The van der Waals surface area contributed by atoms with E-state index in [0.717, 1.165) is 9.35 Å². The van der Waals surface area contributed by atoms with Crippen molar-refractivity contribution in [2.75, 3.05) is 13.2 Å². The van der Waals surface area contributed by atoms with Crippen LogP contribution in [0.15, 0.2) is 34.1 Å². The average molecular weight is 354 g/mol. The smallest absolute Gasteiger partial charge is 0.255 e. The van der Waals surface area contributed by atoms with Gasteiger partial charge in [0.25, 0.3) is 5.91 Å². The number of thiophene rings is 1. The highest BCUT2D eigenvalue weighted by molar-refractivity contribution is 9.10. The van der Waals surface area contributed by atoms with Gasteiger partial charge >= 0.3 is 0 Å². The number of para-hydroxylation sites is 1. The van der Waals surface area contributed by atoms with Crippen LogP contribution in [-0.2, 0) is 6.54 Å². The standard InChI is InChI=1S/C14H12BrNO3S/c15-10-4-7-20-12(10)8-16-14(17)9-2-1-3-11-13(9)19-6-5-18-11/h1-4,7H,5-6,8H2,(H,16,17). The van der Waals surface area contributed by atoms with E-state index in [0.29, 0.717) is 36.8 Å². The van der Waals surface area contributed by atoms with Gasteiger partial charge in [-0.25, -0.2) is 0 Å². The van der Waals surface area contributed by atoms with E-state index in [1.807, 2.05) is 11.4 Å². The maximum atomic E-state index is 12.3. The third kappa shape index (κ3) is 2.66. The van der Waals surface area contributed by atoms with Crippen LogP contribution < -0.4 is 14.8 Å². The van der Waals surface area contributed by atoms with Crippen LogP contribution in [0.3, 0.4) is 0 Å². The molecule has 1 aliphatic rings. The van der Waals surface area contributed by atoms with Crippen molar-refractivity contribution in [2.24, 2.45) is 0 Å². The molecule has 1 aromatic carbocycles. The van der Waals surface area contributed by atoms with Gasteiger partial charge in [-0.1, -0.05) is 6.07 Å². The number of hydrogen-bond donors (Lipinski definition) is 1. The summed E-state index contributed by atoms with van der Waals surface area (Å²) in [5.41, 5.74) is 0.509. The SMILES string of the molecule is O=C(NCc1sccc1Br)c1cccc2c1OCCO2. The van der Waals surface area contributed by atoms with Crippen LogP contribution in [0.25, 0.3) is 0 Å². The van der Waals surface area contributed by atoms with Crippen molar-refractivity contribution in [3.05, 3.63) is 44.6 Å². The molecule has 104 valence electrons. The molecular formula is C14H12BrNO3S. The van der Waals surface area contributed by atoms with Gasteiger partial charge in [-0.2, -0.15) is 0 Å². The molecule has 2 aromatic rings. The van der Waals surface area contributed by atoms with E-state index in [-0.39, 0.29) is 5.91 Å². The topological polar surface area (TPSA) is 47.6 Å². The summed E-state index contributed by atoms with van der Waals surface area (Å²) in [6.45, 7) is 1.47. The summed E-state index contributed by atoms with van der Waals surface area (Å²) in [6.07, 6.45) is 0. The molecule has 0 aliphatic carbocycles. The van der Waals surface area contributed by atoms with Crippen LogP contribution in [0.2, 0.25) is 0 Å². The van der Waals surface area contributed by atoms with Crippen LogP contribution in [-0.4, -0.2) is 19.1 Å². The van der Waals surface area contributed by atoms with Gasteiger partial charge in [-0.3, -0.25) is 4.79 Å². The number of amides is 1. The molecule has 20 heavy (non-hydrogen) atoms. The fraction of sp³-hybridized carbons (Fsp3) is 0.214. The van der Waals surface area contributed by atoms with Crippen LogP contribution in [0.1, 0.15) is 15.2 Å². The molecule has 0 unspecified atom stereocenters. The molecule has 0 bridgehead atoms. The Balaban J connectivity index is 1.76. The number of carbonyl (C=O) groups excluding carboxylic acids is 1. The molecule has 0 fully saturated rings. The fourth-order valence-corrected chi connectivity index (χ4v) is 3.39. The predicted octanol–water partition coefficient (Wildman–Crippen LogP) is 3.21. The maximum absolute atomic E-state index is 12.3. The first kappa shape index (κ1) is 13.5. The van der Waals surface area contributed by atoms with Crippen molar-refractivity contribution in [3.8, 4) is 11.5 Å². The Labute approximate surface area is 128 Å². The lowest BCUT2D eigenvalue weighted by atomic mass is 10.1. The van der Waals surface area contributed by atoms with Gasteiger partial charge in [-0.15, -0.1) is 11.3 Å². The summed E-state index contributed by atoms with van der Waals surface area (Å²) in [4.78, 5) is 13.3. The van der Waals surface area contributed by atoms with Crippen molar-refractivity contribution < 1.29 is 14.3 Å². The van der Waals surface area contributed by atoms with Gasteiger partial charge in [0.1, 0.15) is 13.2 Å². The van der Waals surface area contributed by atoms with Gasteiger partial charge < -0.3 is 14.8 Å². The van der Waals surface area contributed by atoms with Crippen LogP contribution in [0.4, 0.5) is 0 Å². The Morgan fingerprint density at radius 1 is 1.30 bits per heavy atom. The molecule has 0 saturated carbocycles. The Morgan fingerprint density at radius 2 is 2.15 bits per heavy atom. The Bertz CT molecular complexity index is 641. The second-order valence-electron chi connectivity index (χ2n) is 4.20. The van der Waals surface area contributed by atoms with Crippen molar-refractivity contribution in [2.45, 2.75) is 6.54 Å². The molecule has 1 aliphatic heterocycles. The normalized spacial score (nSPS) is 13.1. The van der Waals surface area contributed by atoms with E-state index in [9.17, 15) is 4.79 Å². The predicted molar refractivity (Wildman–Crippen MR) is 80.6 cm³/mol. The van der Waals surface area contributed by atoms with Gasteiger partial charge in [0.05, 0.1) is 12.1 Å². The second kappa shape index (κ2) is 5.85. The molecule has 2 heterocycles. The molecule has 0 radical (unpaired) electrons. The summed E-state index contributed by atoms with van der Waals surface area (Å²) in [5.74, 6) is 0.996. The number of nitrogens with one attached hydrogen (secondary N) is 1. The molecule has 6 heteroatoms. The lowest BCUT2D eigenvalue weighted by Crippen LogP contribution is -2.25. The lowest BCUT2D eigenvalue weighted by molar-refractivity contribution is 0.0940. The molecule has 0 atom stereocenters. The quantitative estimate of drug-likeness (QED) is 0.921. The zero-order valence-corrected chi connectivity index (χ0v) is 12.9. The van der Waals surface area contributed by atoms with Gasteiger partial charge in [0.15, 0.2) is 11.5 Å². The minimum Gasteiger partial charge on any atom is -0.486 e. The first-order valence-electron chi connectivity index (χ1n) is 6.14. The molecule has 4 nitrogen and oxygen atoms in total. The van der Waals surface area contributed by atoms with E-state index in [4.69, 9.17) is 9.47 Å². The van der Waals surface area contributed by atoms with Crippen LogP contribution in [0.5, 0.6) is 11.5 Å². The number of ether oxygens (including phenoxy) is 2. The summed E-state index contributed by atoms with van der Waals surface area (Å²) < 4.78 is 12.0. The Kier molecular flexibility index (Phi) is 3.93. The minimum absolute atomic E-state index is 0.160. The third-order valence-corrected chi connectivity index (χ3v) is 4.84. The fourth-order valence-electron chi connectivity index (χ4n) is 1.96. The molecule has 1 aromatic heterocycles. The van der Waals surface area contributed by atoms with Crippen LogP contribution >= 0.6 is 27.3 Å². The van der Waals surface area contributed by atoms with E-state index >= 15 is 0 Å². The van der Waals surface area contributed by atoms with E-state index in [1.54, 1.807) is 29.5 Å². The highest BCUT2D eigenvalue weighted by Crippen LogP contribution is 2.33. The molecule has 0 spiro atoms. The zero-order chi connectivity index (χ0) is 13.9. The number of hydrogen-bond acceptors (Lipinski definition) is 4. The monoisotopic (exact) mass is 353 g/mol. The number of halogens is 1. The van der Waals surface area contributed by atoms with Crippen molar-refractivity contribution >= 4 is 33.2 Å². The average Bonchev–Trinajstić information content (AvgIpc) is 2.89. The van der Waals surface area contributed by atoms with Crippen molar-refractivity contribution in [3.63, 3.8) is 0 Å². The van der Waals surface area contributed by atoms with Crippen molar-refractivity contribution in [1.29, 1.82) is 0 Å². The van der Waals surface area contributed by atoms with Crippen molar-refractivity contribution in [1.82, 2.24) is 5.32 Å². The maximum Gasteiger partial charge on any atom is 0.255 e. The highest BCUT2D eigenvalue weighted by Gasteiger charge is 2.20. The molecule has 3 rings (SSSR count).